The Morgan fingerprint density at radius 3 is 2.70 bits per heavy atom. The van der Waals surface area contributed by atoms with Crippen LogP contribution >= 0.6 is 0 Å². The summed E-state index contributed by atoms with van der Waals surface area (Å²) in [5.41, 5.74) is 3.14. The highest BCUT2D eigenvalue weighted by Gasteiger charge is 2.18. The van der Waals surface area contributed by atoms with Crippen LogP contribution < -0.4 is 10.1 Å². The van der Waals surface area contributed by atoms with E-state index < -0.39 is 11.8 Å². The summed E-state index contributed by atoms with van der Waals surface area (Å²) in [5.74, 6) is 0.265. The van der Waals surface area contributed by atoms with Gasteiger partial charge in [0.2, 0.25) is 0 Å². The van der Waals surface area contributed by atoms with Gasteiger partial charge in [-0.1, -0.05) is 45.2 Å². The molecule has 2 aromatic rings. The molecule has 0 amide bonds. The van der Waals surface area contributed by atoms with Gasteiger partial charge in [0.05, 0.1) is 13.0 Å². The molecule has 7 heteroatoms. The Morgan fingerprint density at radius 1 is 1.08 bits per heavy atom. The Bertz CT molecular complexity index is 982. The number of aromatic nitrogens is 1. The van der Waals surface area contributed by atoms with Crippen molar-refractivity contribution in [1.82, 2.24) is 4.98 Å². The molecule has 6 nitrogen and oxygen atoms in total. The molecule has 204 valence electrons. The second kappa shape index (κ2) is 15.6. The fraction of sp³-hybridized carbons (Fsp3) is 0.600. The summed E-state index contributed by atoms with van der Waals surface area (Å²) >= 11 is 0. The Labute approximate surface area is 221 Å². The zero-order valence-electron chi connectivity index (χ0n) is 22.4. The first-order valence-electron chi connectivity index (χ1n) is 13.9. The van der Waals surface area contributed by atoms with Crippen LogP contribution in [-0.4, -0.2) is 42.4 Å². The molecule has 1 aromatic heterocycles. The van der Waals surface area contributed by atoms with Crippen molar-refractivity contribution in [2.45, 2.75) is 84.0 Å². The van der Waals surface area contributed by atoms with Gasteiger partial charge in [0.25, 0.3) is 0 Å². The number of rotatable bonds is 17. The average Bonchev–Trinajstić information content (AvgIpc) is 2.87. The number of pyridine rings is 1. The minimum absolute atomic E-state index is 0.00458. The lowest BCUT2D eigenvalue weighted by atomic mass is 9.90. The first kappa shape index (κ1) is 28.9. The van der Waals surface area contributed by atoms with Gasteiger partial charge in [-0.3, -0.25) is 4.79 Å². The maximum Gasteiger partial charge on any atom is 0.303 e. The molecule has 0 saturated carbocycles. The molecule has 0 radical (unpaired) electrons. The minimum Gasteiger partial charge on any atom is -0.488 e. The Kier molecular flexibility index (Phi) is 12.1. The molecule has 0 fully saturated rings. The van der Waals surface area contributed by atoms with Gasteiger partial charge in [0, 0.05) is 18.8 Å². The van der Waals surface area contributed by atoms with Crippen LogP contribution in [0.4, 0.5) is 10.2 Å². The normalized spacial score (nSPS) is 13.7. The van der Waals surface area contributed by atoms with Gasteiger partial charge in [0.15, 0.2) is 11.6 Å². The summed E-state index contributed by atoms with van der Waals surface area (Å²) in [6.07, 6.45) is 8.94. The van der Waals surface area contributed by atoms with Gasteiger partial charge in [-0.2, -0.15) is 0 Å². The number of carboxylic acids is 1. The van der Waals surface area contributed by atoms with E-state index in [1.165, 1.54) is 11.6 Å². The molecule has 37 heavy (non-hydrogen) atoms. The second-order valence-electron chi connectivity index (χ2n) is 10.4. The number of carbonyl (C=O) groups is 1. The summed E-state index contributed by atoms with van der Waals surface area (Å²) in [6.45, 7) is 6.64. The van der Waals surface area contributed by atoms with Crippen LogP contribution in [-0.2, 0) is 22.4 Å². The summed E-state index contributed by atoms with van der Waals surface area (Å²) < 4.78 is 25.7. The number of nitrogens with one attached hydrogen (secondary N) is 1. The molecule has 1 aliphatic rings. The number of ether oxygens (including phenoxy) is 2. The molecule has 1 atom stereocenters. The third kappa shape index (κ3) is 10.3. The number of aliphatic carboxylic acids is 1. The van der Waals surface area contributed by atoms with E-state index in [1.807, 2.05) is 0 Å². The zero-order chi connectivity index (χ0) is 26.5. The lowest BCUT2D eigenvalue weighted by Gasteiger charge is -2.17. The van der Waals surface area contributed by atoms with E-state index >= 15 is 0 Å². The maximum absolute atomic E-state index is 14.7. The average molecular weight is 515 g/mol. The number of nitrogens with zero attached hydrogens (tertiary/aromatic N) is 1. The van der Waals surface area contributed by atoms with E-state index in [0.717, 1.165) is 75.8 Å². The molecule has 1 aromatic carbocycles. The van der Waals surface area contributed by atoms with E-state index in [4.69, 9.17) is 14.5 Å². The molecule has 2 heterocycles. The van der Waals surface area contributed by atoms with Crippen molar-refractivity contribution < 1.29 is 23.8 Å². The number of anilines is 1. The topological polar surface area (TPSA) is 80.7 Å². The molecule has 2 N–H and O–H groups in total. The van der Waals surface area contributed by atoms with Crippen molar-refractivity contribution in [3.05, 3.63) is 53.0 Å². The predicted molar refractivity (Wildman–Crippen MR) is 145 cm³/mol. The van der Waals surface area contributed by atoms with Gasteiger partial charge in [0.1, 0.15) is 12.4 Å². The molecular weight excluding hydrogens is 471 g/mol. The van der Waals surface area contributed by atoms with Crippen molar-refractivity contribution >= 4 is 11.8 Å². The first-order chi connectivity index (χ1) is 17.9. The molecule has 0 bridgehead atoms. The number of halogens is 1. The maximum atomic E-state index is 14.7. The highest BCUT2D eigenvalue weighted by atomic mass is 19.1. The third-order valence-electron chi connectivity index (χ3n) is 6.86. The quantitative estimate of drug-likeness (QED) is 0.227. The molecule has 0 spiro atoms. The standard InChI is InChI=1S/C30H43FN2O4/c1-22(2)15-17-36-18-19-37-28-14-12-25(20-27(28)31)24(21-29(34)35)8-5-3-4-6-10-26-13-11-23-9-7-16-32-30(23)33-26/h11-14,20,22,24H,3-10,15-19,21H2,1-2H3,(H,32,33)(H,34,35)/t24-/m0/s1. The molecule has 0 aliphatic carbocycles. The van der Waals surface area contributed by atoms with Gasteiger partial charge < -0.3 is 19.9 Å². The van der Waals surface area contributed by atoms with Crippen molar-refractivity contribution in [3.8, 4) is 5.75 Å². The highest BCUT2D eigenvalue weighted by molar-refractivity contribution is 5.68. The van der Waals surface area contributed by atoms with Gasteiger partial charge >= 0.3 is 5.97 Å². The number of unbranched alkanes of at least 4 members (excludes halogenated alkanes) is 3. The molecule has 3 rings (SSSR count). The molecule has 0 saturated heterocycles. The van der Waals surface area contributed by atoms with Crippen LogP contribution in [0.25, 0.3) is 0 Å². The SMILES string of the molecule is CC(C)CCOCCOc1ccc([C@@H](CCCCCCc2ccc3c(n2)NCCC3)CC(=O)O)cc1F. The van der Waals surface area contributed by atoms with Gasteiger partial charge in [-0.25, -0.2) is 9.37 Å². The van der Waals surface area contributed by atoms with E-state index in [9.17, 15) is 14.3 Å². The Morgan fingerprint density at radius 2 is 1.92 bits per heavy atom. The smallest absolute Gasteiger partial charge is 0.303 e. The van der Waals surface area contributed by atoms with E-state index in [0.29, 0.717) is 24.7 Å². The summed E-state index contributed by atoms with van der Waals surface area (Å²) in [7, 11) is 0. The lowest BCUT2D eigenvalue weighted by Crippen LogP contribution is -2.13. The Hall–Kier alpha value is -2.67. The predicted octanol–water partition coefficient (Wildman–Crippen LogP) is 6.77. The van der Waals surface area contributed by atoms with Crippen LogP contribution in [0.5, 0.6) is 5.75 Å². The van der Waals surface area contributed by atoms with E-state index in [2.05, 4.69) is 31.3 Å². The second-order valence-corrected chi connectivity index (χ2v) is 10.4. The third-order valence-corrected chi connectivity index (χ3v) is 6.86. The molecular formula is C30H43FN2O4. The number of aryl methyl sites for hydroxylation is 2. The largest absolute Gasteiger partial charge is 0.488 e. The first-order valence-corrected chi connectivity index (χ1v) is 13.9. The number of hydrogen-bond acceptors (Lipinski definition) is 5. The highest BCUT2D eigenvalue weighted by Crippen LogP contribution is 2.30. The van der Waals surface area contributed by atoms with Crippen LogP contribution in [0.3, 0.4) is 0 Å². The zero-order valence-corrected chi connectivity index (χ0v) is 22.4. The van der Waals surface area contributed by atoms with Crippen molar-refractivity contribution in [1.29, 1.82) is 0 Å². The molecule has 1 aliphatic heterocycles. The summed E-state index contributed by atoms with van der Waals surface area (Å²) in [4.78, 5) is 16.2. The van der Waals surface area contributed by atoms with Crippen LogP contribution in [0.2, 0.25) is 0 Å². The van der Waals surface area contributed by atoms with Gasteiger partial charge in [-0.15, -0.1) is 0 Å². The van der Waals surface area contributed by atoms with E-state index in [1.54, 1.807) is 12.1 Å². The van der Waals surface area contributed by atoms with Crippen LogP contribution in [0, 0.1) is 11.7 Å². The summed E-state index contributed by atoms with van der Waals surface area (Å²) in [6, 6.07) is 9.15. The van der Waals surface area contributed by atoms with Crippen molar-refractivity contribution in [2.24, 2.45) is 5.92 Å². The fourth-order valence-electron chi connectivity index (χ4n) is 4.68. The van der Waals surface area contributed by atoms with E-state index in [-0.39, 0.29) is 24.7 Å². The van der Waals surface area contributed by atoms with Crippen LogP contribution in [0.15, 0.2) is 30.3 Å². The van der Waals surface area contributed by atoms with Crippen molar-refractivity contribution in [3.63, 3.8) is 0 Å². The van der Waals surface area contributed by atoms with Crippen molar-refractivity contribution in [2.75, 3.05) is 31.7 Å². The minimum atomic E-state index is -0.864. The van der Waals surface area contributed by atoms with Crippen LogP contribution in [0.1, 0.15) is 88.0 Å². The number of hydrogen-bond donors (Lipinski definition) is 2. The number of fused-ring (bicyclic) bond motifs is 1. The number of carboxylic acid groups (broad SMARTS) is 1. The summed E-state index contributed by atoms with van der Waals surface area (Å²) in [5, 5.41) is 12.8. The fourth-order valence-corrected chi connectivity index (χ4v) is 4.68. The van der Waals surface area contributed by atoms with Gasteiger partial charge in [-0.05, 0) is 79.7 Å². The molecule has 0 unspecified atom stereocenters. The monoisotopic (exact) mass is 514 g/mol. The lowest BCUT2D eigenvalue weighted by molar-refractivity contribution is -0.137. The Balaban J connectivity index is 1.40. The number of benzene rings is 1.